The molecule has 1 amide bonds. The molecule has 0 radical (unpaired) electrons. The lowest BCUT2D eigenvalue weighted by Gasteiger charge is -2.07. The van der Waals surface area contributed by atoms with Gasteiger partial charge < -0.3 is 15.7 Å². The largest absolute Gasteiger partial charge is 0.374 e. The summed E-state index contributed by atoms with van der Waals surface area (Å²) in [7, 11) is 0. The van der Waals surface area contributed by atoms with Crippen LogP contribution in [0.3, 0.4) is 0 Å². The predicted octanol–water partition coefficient (Wildman–Crippen LogP) is -1.04. The van der Waals surface area contributed by atoms with Crippen molar-refractivity contribution < 1.29 is 9.90 Å². The molecule has 0 aliphatic heterocycles. The Bertz CT molecular complexity index is 119. The third kappa shape index (κ3) is 7.64. The van der Waals surface area contributed by atoms with Crippen LogP contribution < -0.4 is 10.6 Å². The number of hydrogen-bond acceptors (Lipinski definition) is 4. The maximum atomic E-state index is 10.8. The number of hydrogen-bond donors (Lipinski definition) is 4. The predicted molar refractivity (Wildman–Crippen MR) is 46.5 cm³/mol. The first-order valence-corrected chi connectivity index (χ1v) is 4.09. The third-order valence-electron chi connectivity index (χ3n) is 0.944. The summed E-state index contributed by atoms with van der Waals surface area (Å²) in [6.07, 6.45) is -0.777. The Morgan fingerprint density at radius 1 is 1.73 bits per heavy atom. The van der Waals surface area contributed by atoms with Crippen molar-refractivity contribution in [1.82, 2.24) is 10.6 Å². The Labute approximate surface area is 71.8 Å². The average molecular weight is 178 g/mol. The summed E-state index contributed by atoms with van der Waals surface area (Å²) < 4.78 is 0. The molecule has 0 saturated carbocycles. The summed E-state index contributed by atoms with van der Waals surface area (Å²) >= 11 is 3.95. The number of aliphatic hydroxyl groups is 1. The molecule has 5 heteroatoms. The van der Waals surface area contributed by atoms with Crippen LogP contribution in [0.5, 0.6) is 0 Å². The van der Waals surface area contributed by atoms with Gasteiger partial charge in [-0.1, -0.05) is 0 Å². The van der Waals surface area contributed by atoms with Gasteiger partial charge in [0, 0.05) is 12.3 Å². The van der Waals surface area contributed by atoms with Crippen LogP contribution >= 0.6 is 12.6 Å². The first-order valence-electron chi connectivity index (χ1n) is 3.46. The Hall–Kier alpha value is -0.260. The highest BCUT2D eigenvalue weighted by Crippen LogP contribution is 1.72. The van der Waals surface area contributed by atoms with Gasteiger partial charge >= 0.3 is 0 Å². The summed E-state index contributed by atoms with van der Waals surface area (Å²) in [5.41, 5.74) is 0. The number of carbonyl (C=O) groups excluding carboxylic acids is 1. The highest BCUT2D eigenvalue weighted by Gasteiger charge is 2.01. The highest BCUT2D eigenvalue weighted by molar-refractivity contribution is 7.80. The van der Waals surface area contributed by atoms with Crippen molar-refractivity contribution >= 4 is 18.5 Å². The second-order valence-electron chi connectivity index (χ2n) is 2.14. The first-order chi connectivity index (χ1) is 5.16. The van der Waals surface area contributed by atoms with Crippen molar-refractivity contribution in [3.05, 3.63) is 0 Å². The molecule has 0 rings (SSSR count). The number of rotatable bonds is 5. The van der Waals surface area contributed by atoms with Gasteiger partial charge in [-0.3, -0.25) is 4.79 Å². The molecule has 0 bridgehead atoms. The van der Waals surface area contributed by atoms with E-state index in [9.17, 15) is 4.79 Å². The van der Waals surface area contributed by atoms with Gasteiger partial charge in [-0.15, -0.1) is 0 Å². The Kier molecular flexibility index (Phi) is 6.30. The lowest BCUT2D eigenvalue weighted by Crippen LogP contribution is -2.39. The lowest BCUT2D eigenvalue weighted by molar-refractivity contribution is -0.122. The van der Waals surface area contributed by atoms with Crippen LogP contribution in [-0.2, 0) is 4.79 Å². The monoisotopic (exact) mass is 178 g/mol. The van der Waals surface area contributed by atoms with E-state index < -0.39 is 6.23 Å². The van der Waals surface area contributed by atoms with E-state index in [-0.39, 0.29) is 12.5 Å². The van der Waals surface area contributed by atoms with Crippen LogP contribution in [0.1, 0.15) is 6.92 Å². The number of nitrogens with one attached hydrogen (secondary N) is 2. The zero-order valence-electron chi connectivity index (χ0n) is 6.50. The zero-order chi connectivity index (χ0) is 8.69. The third-order valence-corrected chi connectivity index (χ3v) is 1.17. The number of aliphatic hydroxyl groups excluding tert-OH is 1. The second-order valence-corrected chi connectivity index (χ2v) is 2.59. The minimum atomic E-state index is -0.777. The van der Waals surface area contributed by atoms with Crippen LogP contribution in [0, 0.1) is 0 Å². The topological polar surface area (TPSA) is 61.4 Å². The molecule has 1 unspecified atom stereocenters. The standard InChI is InChI=1S/C6H14N2O2S/c1-5(9)8-6(10)4-7-2-3-11/h5,7,9,11H,2-4H2,1H3,(H,8,10). The maximum absolute atomic E-state index is 10.8. The van der Waals surface area contributed by atoms with Gasteiger partial charge in [0.25, 0.3) is 0 Å². The van der Waals surface area contributed by atoms with Crippen LogP contribution in [0.2, 0.25) is 0 Å². The molecule has 11 heavy (non-hydrogen) atoms. The second kappa shape index (κ2) is 6.45. The molecule has 0 aliphatic rings. The van der Waals surface area contributed by atoms with E-state index in [4.69, 9.17) is 5.11 Å². The number of thiol groups is 1. The minimum Gasteiger partial charge on any atom is -0.374 e. The summed E-state index contributed by atoms with van der Waals surface area (Å²) in [6.45, 7) is 2.41. The molecule has 3 N–H and O–H groups in total. The van der Waals surface area contributed by atoms with Gasteiger partial charge in [-0.05, 0) is 6.92 Å². The highest BCUT2D eigenvalue weighted by atomic mass is 32.1. The Morgan fingerprint density at radius 2 is 2.36 bits per heavy atom. The van der Waals surface area contributed by atoms with E-state index in [0.717, 1.165) is 0 Å². The van der Waals surface area contributed by atoms with Crippen LogP contribution in [0.15, 0.2) is 0 Å². The molecule has 0 aliphatic carbocycles. The van der Waals surface area contributed by atoms with Gasteiger partial charge in [0.1, 0.15) is 6.23 Å². The van der Waals surface area contributed by atoms with Crippen molar-refractivity contribution in [3.8, 4) is 0 Å². The molecule has 0 spiro atoms. The zero-order valence-corrected chi connectivity index (χ0v) is 7.40. The van der Waals surface area contributed by atoms with E-state index in [1.54, 1.807) is 0 Å². The Balaban J connectivity index is 3.23. The molecule has 1 atom stereocenters. The van der Waals surface area contributed by atoms with Gasteiger partial charge in [0.2, 0.25) is 5.91 Å². The fourth-order valence-electron chi connectivity index (χ4n) is 0.565. The molecular formula is C6H14N2O2S. The normalized spacial score (nSPS) is 12.6. The van der Waals surface area contributed by atoms with Crippen molar-refractivity contribution in [3.63, 3.8) is 0 Å². The maximum Gasteiger partial charge on any atom is 0.235 e. The smallest absolute Gasteiger partial charge is 0.235 e. The van der Waals surface area contributed by atoms with Crippen molar-refractivity contribution in [1.29, 1.82) is 0 Å². The van der Waals surface area contributed by atoms with Crippen LogP contribution in [-0.4, -0.2) is 36.1 Å². The van der Waals surface area contributed by atoms with E-state index >= 15 is 0 Å². The Morgan fingerprint density at radius 3 is 2.82 bits per heavy atom. The molecule has 0 aromatic heterocycles. The van der Waals surface area contributed by atoms with E-state index in [0.29, 0.717) is 12.3 Å². The van der Waals surface area contributed by atoms with Gasteiger partial charge in [0.15, 0.2) is 0 Å². The first kappa shape index (κ1) is 10.7. The van der Waals surface area contributed by atoms with Crippen molar-refractivity contribution in [2.24, 2.45) is 0 Å². The van der Waals surface area contributed by atoms with Crippen LogP contribution in [0.4, 0.5) is 0 Å². The lowest BCUT2D eigenvalue weighted by atomic mass is 10.5. The molecule has 0 fully saturated rings. The van der Waals surface area contributed by atoms with Gasteiger partial charge in [-0.2, -0.15) is 12.6 Å². The number of amides is 1. The van der Waals surface area contributed by atoms with Crippen molar-refractivity contribution in [2.45, 2.75) is 13.2 Å². The van der Waals surface area contributed by atoms with E-state index in [1.807, 2.05) is 0 Å². The fourth-order valence-corrected chi connectivity index (χ4v) is 0.723. The van der Waals surface area contributed by atoms with Gasteiger partial charge in [-0.25, -0.2) is 0 Å². The molecule has 66 valence electrons. The molecular weight excluding hydrogens is 164 g/mol. The molecule has 0 aromatic rings. The SMILES string of the molecule is CC(O)NC(=O)CNCCS. The summed E-state index contributed by atoms with van der Waals surface area (Å²) in [5.74, 6) is 0.490. The quantitative estimate of drug-likeness (QED) is 0.247. The fraction of sp³-hybridized carbons (Fsp3) is 0.833. The average Bonchev–Trinajstić information content (AvgIpc) is 1.86. The van der Waals surface area contributed by atoms with Gasteiger partial charge in [0.05, 0.1) is 6.54 Å². The summed E-state index contributed by atoms with van der Waals surface area (Å²) in [5, 5.41) is 13.9. The van der Waals surface area contributed by atoms with Crippen molar-refractivity contribution in [2.75, 3.05) is 18.8 Å². The molecule has 4 nitrogen and oxygen atoms in total. The summed E-state index contributed by atoms with van der Waals surface area (Å²) in [6, 6.07) is 0. The van der Waals surface area contributed by atoms with E-state index in [1.165, 1.54) is 6.92 Å². The molecule has 0 saturated heterocycles. The van der Waals surface area contributed by atoms with Crippen LogP contribution in [0.25, 0.3) is 0 Å². The molecule has 0 heterocycles. The summed E-state index contributed by atoms with van der Waals surface area (Å²) in [4.78, 5) is 10.8. The molecule has 0 aromatic carbocycles. The van der Waals surface area contributed by atoms with E-state index in [2.05, 4.69) is 23.3 Å². The number of carbonyl (C=O) groups is 1. The minimum absolute atomic E-state index is 0.207.